The Morgan fingerprint density at radius 1 is 0.515 bits per heavy atom. The lowest BCUT2D eigenvalue weighted by Gasteiger charge is -2.06. The summed E-state index contributed by atoms with van der Waals surface area (Å²) in [6.07, 6.45) is 32.8. The first kappa shape index (κ1) is 32.5. The summed E-state index contributed by atoms with van der Waals surface area (Å²) in [7, 11) is 0. The van der Waals surface area contributed by atoms with Crippen molar-refractivity contribution in [2.24, 2.45) is 5.92 Å². The molecule has 0 unspecified atom stereocenters. The minimum Gasteiger partial charge on any atom is -0.466 e. The van der Waals surface area contributed by atoms with Gasteiger partial charge < -0.3 is 4.74 Å². The summed E-state index contributed by atoms with van der Waals surface area (Å²) in [6.45, 7) is 7.56. The number of unbranched alkanes of at least 4 members (excludes halogenated alkanes) is 21. The third-order valence-corrected chi connectivity index (χ3v) is 6.92. The van der Waals surface area contributed by atoms with E-state index in [9.17, 15) is 4.79 Å². The normalized spacial score (nSPS) is 11.4. The molecule has 0 aromatic carbocycles. The molecule has 198 valence electrons. The highest BCUT2D eigenvalue weighted by Crippen LogP contribution is 2.15. The van der Waals surface area contributed by atoms with Crippen LogP contribution in [0.15, 0.2) is 0 Å². The second kappa shape index (κ2) is 27.7. The van der Waals surface area contributed by atoms with Crippen LogP contribution in [0.3, 0.4) is 0 Å². The predicted octanol–water partition coefficient (Wildman–Crippen LogP) is 11.0. The molecule has 0 aliphatic rings. The van der Waals surface area contributed by atoms with Crippen molar-refractivity contribution in [1.29, 1.82) is 0 Å². The number of hydrogen-bond acceptors (Lipinski definition) is 2. The summed E-state index contributed by atoms with van der Waals surface area (Å²) < 4.78 is 5.41. The summed E-state index contributed by atoms with van der Waals surface area (Å²) >= 11 is 0. The Morgan fingerprint density at radius 3 is 1.30 bits per heavy atom. The maximum absolute atomic E-state index is 11.8. The largest absolute Gasteiger partial charge is 0.466 e. The molecule has 0 bridgehead atoms. The molecule has 0 rings (SSSR count). The van der Waals surface area contributed by atoms with Crippen molar-refractivity contribution in [3.8, 4) is 0 Å². The topological polar surface area (TPSA) is 26.3 Å². The highest BCUT2D eigenvalue weighted by molar-refractivity contribution is 5.69. The molecule has 0 amide bonds. The first-order valence-electron chi connectivity index (χ1n) is 15.3. The monoisotopic (exact) mass is 466 g/mol. The van der Waals surface area contributed by atoms with Gasteiger partial charge in [0.1, 0.15) is 0 Å². The number of carbonyl (C=O) groups excluding carboxylic acids is 1. The molecule has 0 spiro atoms. The molecule has 0 atom stereocenters. The van der Waals surface area contributed by atoms with Gasteiger partial charge in [-0.3, -0.25) is 4.79 Å². The average molecular weight is 467 g/mol. The number of esters is 1. The Balaban J connectivity index is 3.15. The van der Waals surface area contributed by atoms with Gasteiger partial charge in [0.05, 0.1) is 6.61 Å². The van der Waals surface area contributed by atoms with E-state index in [1.165, 1.54) is 141 Å². The molecule has 0 aromatic rings. The highest BCUT2D eigenvalue weighted by Gasteiger charge is 2.03. The van der Waals surface area contributed by atoms with E-state index in [2.05, 4.69) is 20.8 Å². The fourth-order valence-electron chi connectivity index (χ4n) is 4.61. The third-order valence-electron chi connectivity index (χ3n) is 6.92. The van der Waals surface area contributed by atoms with Gasteiger partial charge in [-0.2, -0.15) is 0 Å². The molecule has 33 heavy (non-hydrogen) atoms. The minimum absolute atomic E-state index is 0.0236. The number of rotatable bonds is 27. The summed E-state index contributed by atoms with van der Waals surface area (Å²) in [5, 5.41) is 0. The van der Waals surface area contributed by atoms with Gasteiger partial charge in [0.25, 0.3) is 0 Å². The van der Waals surface area contributed by atoms with Crippen LogP contribution in [0, 0.1) is 5.92 Å². The van der Waals surface area contributed by atoms with Crippen molar-refractivity contribution in [3.05, 3.63) is 0 Å². The molecule has 0 aliphatic heterocycles. The van der Waals surface area contributed by atoms with Gasteiger partial charge in [-0.25, -0.2) is 0 Å². The van der Waals surface area contributed by atoms with Gasteiger partial charge in [-0.1, -0.05) is 162 Å². The van der Waals surface area contributed by atoms with Crippen molar-refractivity contribution in [3.63, 3.8) is 0 Å². The van der Waals surface area contributed by atoms with Crippen LogP contribution in [0.5, 0.6) is 0 Å². The second-order valence-corrected chi connectivity index (χ2v) is 10.9. The van der Waals surface area contributed by atoms with E-state index in [0.29, 0.717) is 13.0 Å². The second-order valence-electron chi connectivity index (χ2n) is 10.9. The molecule has 0 aliphatic carbocycles. The van der Waals surface area contributed by atoms with Crippen molar-refractivity contribution >= 4 is 5.97 Å². The molecular formula is C31H62O2. The number of carbonyl (C=O) groups is 1. The minimum atomic E-state index is 0.0236. The lowest BCUT2D eigenvalue weighted by molar-refractivity contribution is -0.143. The molecule has 0 heterocycles. The molecule has 0 N–H and O–H groups in total. The van der Waals surface area contributed by atoms with Gasteiger partial charge in [-0.05, 0) is 18.8 Å². The van der Waals surface area contributed by atoms with Gasteiger partial charge in [0.15, 0.2) is 0 Å². The summed E-state index contributed by atoms with van der Waals surface area (Å²) in [5.74, 6) is 0.890. The van der Waals surface area contributed by atoms with Gasteiger partial charge in [0, 0.05) is 6.42 Å². The Hall–Kier alpha value is -0.530. The SMILES string of the molecule is CCCCCCCCCCCCCCOC(=O)CCCCCCCCCCCCCC(C)C. The van der Waals surface area contributed by atoms with Crippen molar-refractivity contribution in [1.82, 2.24) is 0 Å². The van der Waals surface area contributed by atoms with Crippen LogP contribution >= 0.6 is 0 Å². The molecule has 0 aromatic heterocycles. The molecule has 0 fully saturated rings. The Morgan fingerprint density at radius 2 is 0.879 bits per heavy atom. The zero-order valence-corrected chi connectivity index (χ0v) is 23.3. The quantitative estimate of drug-likeness (QED) is 0.0888. The molecule has 0 radical (unpaired) electrons. The van der Waals surface area contributed by atoms with Crippen LogP contribution in [0.2, 0.25) is 0 Å². The van der Waals surface area contributed by atoms with E-state index in [-0.39, 0.29) is 5.97 Å². The Labute approximate surface area is 209 Å². The van der Waals surface area contributed by atoms with Crippen LogP contribution in [0.4, 0.5) is 0 Å². The number of hydrogen-bond donors (Lipinski definition) is 0. The van der Waals surface area contributed by atoms with Crippen LogP contribution in [-0.2, 0) is 9.53 Å². The van der Waals surface area contributed by atoms with Gasteiger partial charge in [-0.15, -0.1) is 0 Å². The zero-order valence-electron chi connectivity index (χ0n) is 23.3. The smallest absolute Gasteiger partial charge is 0.305 e. The Kier molecular flexibility index (Phi) is 27.3. The van der Waals surface area contributed by atoms with E-state index < -0.39 is 0 Å². The predicted molar refractivity (Wildman–Crippen MR) is 147 cm³/mol. The van der Waals surface area contributed by atoms with E-state index in [1.807, 2.05) is 0 Å². The van der Waals surface area contributed by atoms with Crippen LogP contribution in [0.1, 0.15) is 181 Å². The Bertz CT molecular complexity index is 377. The highest BCUT2D eigenvalue weighted by atomic mass is 16.5. The lowest BCUT2D eigenvalue weighted by Crippen LogP contribution is -2.05. The molecule has 0 saturated carbocycles. The summed E-state index contributed by atoms with van der Waals surface area (Å²) in [4.78, 5) is 11.8. The van der Waals surface area contributed by atoms with Crippen LogP contribution < -0.4 is 0 Å². The van der Waals surface area contributed by atoms with Crippen LogP contribution in [0.25, 0.3) is 0 Å². The maximum Gasteiger partial charge on any atom is 0.305 e. The fraction of sp³-hybridized carbons (Fsp3) is 0.968. The van der Waals surface area contributed by atoms with E-state index in [1.54, 1.807) is 0 Å². The van der Waals surface area contributed by atoms with Crippen molar-refractivity contribution < 1.29 is 9.53 Å². The fourth-order valence-corrected chi connectivity index (χ4v) is 4.61. The molecular weight excluding hydrogens is 404 g/mol. The van der Waals surface area contributed by atoms with Crippen molar-refractivity contribution in [2.45, 2.75) is 181 Å². The van der Waals surface area contributed by atoms with Gasteiger partial charge >= 0.3 is 5.97 Å². The van der Waals surface area contributed by atoms with Crippen molar-refractivity contribution in [2.75, 3.05) is 6.61 Å². The number of ether oxygens (including phenoxy) is 1. The third kappa shape index (κ3) is 29.4. The van der Waals surface area contributed by atoms with Gasteiger partial charge in [0.2, 0.25) is 0 Å². The summed E-state index contributed by atoms with van der Waals surface area (Å²) in [6, 6.07) is 0. The molecule has 0 saturated heterocycles. The van der Waals surface area contributed by atoms with E-state index >= 15 is 0 Å². The first-order chi connectivity index (χ1) is 16.2. The summed E-state index contributed by atoms with van der Waals surface area (Å²) in [5.41, 5.74) is 0. The zero-order chi connectivity index (χ0) is 24.2. The van der Waals surface area contributed by atoms with E-state index in [4.69, 9.17) is 4.74 Å². The molecule has 2 nitrogen and oxygen atoms in total. The maximum atomic E-state index is 11.8. The lowest BCUT2D eigenvalue weighted by atomic mass is 10.0. The first-order valence-corrected chi connectivity index (χ1v) is 15.3. The molecule has 2 heteroatoms. The van der Waals surface area contributed by atoms with E-state index in [0.717, 1.165) is 18.8 Å². The standard InChI is InChI=1S/C31H62O2/c1-4-5-6-7-8-9-10-14-17-20-23-26-29-33-31(32)28-25-22-19-16-13-11-12-15-18-21-24-27-30(2)3/h30H,4-29H2,1-3H3. The average Bonchev–Trinajstić information content (AvgIpc) is 2.79. The van der Waals surface area contributed by atoms with Crippen LogP contribution in [-0.4, -0.2) is 12.6 Å².